The molecule has 0 bridgehead atoms. The normalized spacial score (nSPS) is 10.1. The third-order valence-corrected chi connectivity index (χ3v) is 2.81. The van der Waals surface area contributed by atoms with Crippen molar-refractivity contribution in [1.82, 2.24) is 9.55 Å². The molecule has 0 aromatic carbocycles. The van der Waals surface area contributed by atoms with E-state index in [4.69, 9.17) is 0 Å². The molecule has 0 aliphatic carbocycles. The summed E-state index contributed by atoms with van der Waals surface area (Å²) in [5.74, 6) is -0.0694. The summed E-state index contributed by atoms with van der Waals surface area (Å²) >= 11 is 1.37. The number of thiophene rings is 1. The molecule has 15 heavy (non-hydrogen) atoms. The van der Waals surface area contributed by atoms with Gasteiger partial charge in [0.2, 0.25) is 0 Å². The van der Waals surface area contributed by atoms with Gasteiger partial charge in [0.15, 0.2) is 5.78 Å². The Morgan fingerprint density at radius 3 is 3.00 bits per heavy atom. The molecular formula is C10H8N2O2S. The Morgan fingerprint density at radius 2 is 2.33 bits per heavy atom. The van der Waals surface area contributed by atoms with Gasteiger partial charge in [0.25, 0.3) is 5.56 Å². The zero-order chi connectivity index (χ0) is 10.7. The van der Waals surface area contributed by atoms with Gasteiger partial charge in [-0.3, -0.25) is 14.2 Å². The summed E-state index contributed by atoms with van der Waals surface area (Å²) in [6, 6.07) is 4.89. The van der Waals surface area contributed by atoms with Gasteiger partial charge in [-0.25, -0.2) is 4.98 Å². The molecule has 4 nitrogen and oxygen atoms in total. The van der Waals surface area contributed by atoms with Crippen LogP contribution in [0.2, 0.25) is 0 Å². The molecule has 0 aliphatic rings. The van der Waals surface area contributed by atoms with Crippen LogP contribution in [0.3, 0.4) is 0 Å². The van der Waals surface area contributed by atoms with Crippen LogP contribution in [0.4, 0.5) is 0 Å². The molecule has 0 amide bonds. The van der Waals surface area contributed by atoms with Gasteiger partial charge < -0.3 is 0 Å². The molecule has 5 heteroatoms. The van der Waals surface area contributed by atoms with Crippen LogP contribution in [-0.4, -0.2) is 15.3 Å². The molecule has 0 fully saturated rings. The van der Waals surface area contributed by atoms with Gasteiger partial charge in [-0.15, -0.1) is 11.3 Å². The number of carbonyl (C=O) groups excluding carboxylic acids is 1. The topological polar surface area (TPSA) is 52.0 Å². The van der Waals surface area contributed by atoms with E-state index in [0.717, 1.165) is 0 Å². The second kappa shape index (κ2) is 4.18. The number of hydrogen-bond donors (Lipinski definition) is 0. The van der Waals surface area contributed by atoms with Gasteiger partial charge in [0, 0.05) is 12.3 Å². The number of Topliss-reactive ketones (excluding diaryl/α,β-unsaturated/α-hetero) is 1. The quantitative estimate of drug-likeness (QED) is 0.730. The van der Waals surface area contributed by atoms with E-state index in [9.17, 15) is 9.59 Å². The van der Waals surface area contributed by atoms with Gasteiger partial charge in [-0.2, -0.15) is 0 Å². The SMILES string of the molecule is O=C(Cn1cnccc1=O)c1cccs1. The van der Waals surface area contributed by atoms with Crippen molar-refractivity contribution in [3.05, 3.63) is 51.3 Å². The van der Waals surface area contributed by atoms with Crippen molar-refractivity contribution >= 4 is 17.1 Å². The van der Waals surface area contributed by atoms with Crippen molar-refractivity contribution in [2.24, 2.45) is 0 Å². The molecule has 0 radical (unpaired) electrons. The van der Waals surface area contributed by atoms with Crippen molar-refractivity contribution in [1.29, 1.82) is 0 Å². The summed E-state index contributed by atoms with van der Waals surface area (Å²) in [6.45, 7) is 0.0488. The molecule has 0 saturated carbocycles. The number of hydrogen-bond acceptors (Lipinski definition) is 4. The lowest BCUT2D eigenvalue weighted by atomic mass is 10.3. The summed E-state index contributed by atoms with van der Waals surface area (Å²) in [5, 5.41) is 1.83. The average Bonchev–Trinajstić information content (AvgIpc) is 2.74. The van der Waals surface area contributed by atoms with Crippen LogP contribution in [0.5, 0.6) is 0 Å². The number of ketones is 1. The van der Waals surface area contributed by atoms with E-state index < -0.39 is 0 Å². The van der Waals surface area contributed by atoms with Gasteiger partial charge in [-0.05, 0) is 11.4 Å². The lowest BCUT2D eigenvalue weighted by Gasteiger charge is -2.01. The number of aromatic nitrogens is 2. The minimum Gasteiger partial charge on any atom is -0.291 e. The van der Waals surface area contributed by atoms with E-state index in [-0.39, 0.29) is 17.9 Å². The van der Waals surface area contributed by atoms with Crippen molar-refractivity contribution < 1.29 is 4.79 Å². The van der Waals surface area contributed by atoms with Gasteiger partial charge in [0.1, 0.15) is 0 Å². The first-order valence-corrected chi connectivity index (χ1v) is 5.22. The Labute approximate surface area is 89.8 Å². The minimum atomic E-state index is -0.213. The first kappa shape index (κ1) is 9.79. The van der Waals surface area contributed by atoms with Crippen LogP contribution < -0.4 is 5.56 Å². The van der Waals surface area contributed by atoms with Gasteiger partial charge >= 0.3 is 0 Å². The van der Waals surface area contributed by atoms with Gasteiger partial charge in [0.05, 0.1) is 17.7 Å². The Hall–Kier alpha value is -1.75. The van der Waals surface area contributed by atoms with Crippen LogP contribution in [0.15, 0.2) is 40.9 Å². The largest absolute Gasteiger partial charge is 0.291 e. The highest BCUT2D eigenvalue weighted by atomic mass is 32.1. The fourth-order valence-corrected chi connectivity index (χ4v) is 1.82. The number of rotatable bonds is 3. The van der Waals surface area contributed by atoms with Crippen LogP contribution in [0.25, 0.3) is 0 Å². The molecule has 0 atom stereocenters. The van der Waals surface area contributed by atoms with E-state index in [1.807, 2.05) is 11.4 Å². The van der Waals surface area contributed by atoms with Gasteiger partial charge in [-0.1, -0.05) is 6.07 Å². The Kier molecular flexibility index (Phi) is 2.73. The lowest BCUT2D eigenvalue weighted by Crippen LogP contribution is -2.22. The summed E-state index contributed by atoms with van der Waals surface area (Å²) in [7, 11) is 0. The Bertz CT molecular complexity index is 516. The molecule has 76 valence electrons. The first-order valence-electron chi connectivity index (χ1n) is 4.34. The highest BCUT2D eigenvalue weighted by Gasteiger charge is 2.07. The third kappa shape index (κ3) is 2.19. The Balaban J connectivity index is 2.20. The predicted molar refractivity (Wildman–Crippen MR) is 57.1 cm³/mol. The molecular weight excluding hydrogens is 212 g/mol. The van der Waals surface area contributed by atoms with Crippen LogP contribution >= 0.6 is 11.3 Å². The minimum absolute atomic E-state index is 0.0488. The summed E-state index contributed by atoms with van der Waals surface area (Å²) < 4.78 is 1.29. The average molecular weight is 220 g/mol. The fraction of sp³-hybridized carbons (Fsp3) is 0.100. The maximum atomic E-state index is 11.7. The molecule has 2 aromatic heterocycles. The highest BCUT2D eigenvalue weighted by Crippen LogP contribution is 2.09. The van der Waals surface area contributed by atoms with E-state index in [2.05, 4.69) is 4.98 Å². The van der Waals surface area contributed by atoms with Crippen molar-refractivity contribution in [3.8, 4) is 0 Å². The van der Waals surface area contributed by atoms with E-state index in [1.54, 1.807) is 6.07 Å². The predicted octanol–water partition coefficient (Wildman–Crippen LogP) is 1.19. The van der Waals surface area contributed by atoms with Crippen molar-refractivity contribution in [3.63, 3.8) is 0 Å². The standard InChI is InChI=1S/C10H8N2O2S/c13-8(9-2-1-5-15-9)6-12-7-11-4-3-10(12)14/h1-5,7H,6H2. The second-order valence-electron chi connectivity index (χ2n) is 2.95. The fourth-order valence-electron chi connectivity index (χ4n) is 1.17. The molecule has 0 unspecified atom stereocenters. The van der Waals surface area contributed by atoms with Crippen molar-refractivity contribution in [2.75, 3.05) is 0 Å². The third-order valence-electron chi connectivity index (χ3n) is 1.90. The zero-order valence-corrected chi connectivity index (χ0v) is 8.61. The maximum Gasteiger partial charge on any atom is 0.253 e. The second-order valence-corrected chi connectivity index (χ2v) is 3.89. The van der Waals surface area contributed by atoms with E-state index in [0.29, 0.717) is 4.88 Å². The molecule has 0 aliphatic heterocycles. The number of carbonyl (C=O) groups is 1. The summed E-state index contributed by atoms with van der Waals surface area (Å²) in [5.41, 5.74) is -0.213. The van der Waals surface area contributed by atoms with E-state index in [1.165, 1.54) is 34.5 Å². The molecule has 0 saturated heterocycles. The lowest BCUT2D eigenvalue weighted by molar-refractivity contribution is 0.0974. The van der Waals surface area contributed by atoms with Crippen LogP contribution in [0, 0.1) is 0 Å². The first-order chi connectivity index (χ1) is 7.27. The zero-order valence-electron chi connectivity index (χ0n) is 7.79. The highest BCUT2D eigenvalue weighted by molar-refractivity contribution is 7.12. The van der Waals surface area contributed by atoms with Crippen molar-refractivity contribution in [2.45, 2.75) is 6.54 Å². The number of nitrogens with zero attached hydrogens (tertiary/aromatic N) is 2. The molecule has 0 spiro atoms. The van der Waals surface area contributed by atoms with Crippen LogP contribution in [-0.2, 0) is 6.54 Å². The maximum absolute atomic E-state index is 11.7. The Morgan fingerprint density at radius 1 is 1.47 bits per heavy atom. The molecule has 2 rings (SSSR count). The van der Waals surface area contributed by atoms with E-state index >= 15 is 0 Å². The molecule has 0 N–H and O–H groups in total. The van der Waals surface area contributed by atoms with Crippen LogP contribution in [0.1, 0.15) is 9.67 Å². The monoisotopic (exact) mass is 220 g/mol. The molecule has 2 heterocycles. The summed E-state index contributed by atoms with van der Waals surface area (Å²) in [6.07, 6.45) is 2.78. The smallest absolute Gasteiger partial charge is 0.253 e. The molecule has 2 aromatic rings. The summed E-state index contributed by atoms with van der Waals surface area (Å²) in [4.78, 5) is 27.4.